The van der Waals surface area contributed by atoms with E-state index in [0.29, 0.717) is 19.3 Å². The van der Waals surface area contributed by atoms with Gasteiger partial charge in [0.15, 0.2) is 0 Å². The van der Waals surface area contributed by atoms with Gasteiger partial charge in [-0.3, -0.25) is 14.5 Å². The van der Waals surface area contributed by atoms with Crippen LogP contribution in [0.25, 0.3) is 6.08 Å². The van der Waals surface area contributed by atoms with Gasteiger partial charge in [0.25, 0.3) is 0 Å². The second kappa shape index (κ2) is 12.9. The van der Waals surface area contributed by atoms with E-state index in [1.54, 1.807) is 32.6 Å². The number of Topliss-reactive ketones (excluding diaryl/α,β-unsaturated/α-hetero) is 1. The Morgan fingerprint density at radius 2 is 1.95 bits per heavy atom. The fraction of sp³-hybridized carbons (Fsp3) is 0.724. The Morgan fingerprint density at radius 3 is 2.56 bits per heavy atom. The topological polar surface area (TPSA) is 126 Å². The number of aryl methyl sites for hydroxylation is 1. The number of ether oxygens (including phenoxy) is 2. The number of hydrogen-bond donors (Lipinski definition) is 2. The van der Waals surface area contributed by atoms with Gasteiger partial charge in [0.2, 0.25) is 0 Å². The maximum absolute atomic E-state index is 13.3. The zero-order valence-corrected chi connectivity index (χ0v) is 25.0. The summed E-state index contributed by atoms with van der Waals surface area (Å²) in [6.07, 6.45) is 0.824. The molecule has 7 atom stereocenters. The molecular formula is C29H44N2O7S. The second-order valence-electron chi connectivity index (χ2n) is 11.6. The summed E-state index contributed by atoms with van der Waals surface area (Å²) in [6.45, 7) is 12.6. The van der Waals surface area contributed by atoms with E-state index in [-0.39, 0.29) is 36.8 Å². The van der Waals surface area contributed by atoms with Gasteiger partial charge in [-0.05, 0) is 51.2 Å². The van der Waals surface area contributed by atoms with Crippen molar-refractivity contribution in [1.29, 1.82) is 0 Å². The normalized spacial score (nSPS) is 32.8. The van der Waals surface area contributed by atoms with Gasteiger partial charge in [-0.15, -0.1) is 11.3 Å². The number of hydrogen-bond acceptors (Lipinski definition) is 9. The number of cyclic esters (lactones) is 1. The summed E-state index contributed by atoms with van der Waals surface area (Å²) in [7, 11) is 0. The van der Waals surface area contributed by atoms with Crippen molar-refractivity contribution in [2.45, 2.75) is 111 Å². The number of ketones is 1. The maximum atomic E-state index is 13.3. The van der Waals surface area contributed by atoms with E-state index in [1.165, 1.54) is 11.3 Å². The van der Waals surface area contributed by atoms with Crippen molar-refractivity contribution in [2.75, 3.05) is 6.61 Å². The number of thiazole rings is 1. The van der Waals surface area contributed by atoms with E-state index in [0.717, 1.165) is 22.7 Å². The largest absolute Gasteiger partial charge is 0.458 e. The highest BCUT2D eigenvalue weighted by molar-refractivity contribution is 7.09. The standard InChI is InChI=1S/C29H44N2O7S/c1-8-37-28(36)31-21-11-9-10-16(2)26(34)18(4)27(35)29(6,7)24(32)14-25(33)38-23(13-22(21)31)17(3)12-20-15-39-19(5)30-20/h12,15-16,18,21-24,26,32,34H,8-11,13-14H2,1-7H3/b17-12+/t16-,18+,21+,22?,23?,24-,26-,31?/m0/s1. The number of aliphatic hydroxyl groups excluding tert-OH is 2. The summed E-state index contributed by atoms with van der Waals surface area (Å²) >= 11 is 1.52. The summed E-state index contributed by atoms with van der Waals surface area (Å²) in [5, 5.41) is 24.7. The van der Waals surface area contributed by atoms with E-state index in [9.17, 15) is 24.6 Å². The highest BCUT2D eigenvalue weighted by Gasteiger charge is 2.52. The molecule has 0 aromatic carbocycles. The van der Waals surface area contributed by atoms with Crippen molar-refractivity contribution in [3.63, 3.8) is 0 Å². The van der Waals surface area contributed by atoms with Crippen LogP contribution < -0.4 is 0 Å². The summed E-state index contributed by atoms with van der Waals surface area (Å²) < 4.78 is 11.2. The lowest BCUT2D eigenvalue weighted by molar-refractivity contribution is -0.154. The Hall–Kier alpha value is -2.30. The van der Waals surface area contributed by atoms with E-state index >= 15 is 0 Å². The quantitative estimate of drug-likeness (QED) is 0.405. The molecule has 0 spiro atoms. The molecule has 1 aromatic rings. The second-order valence-corrected chi connectivity index (χ2v) is 12.7. The Labute approximate surface area is 235 Å². The molecule has 2 N–H and O–H groups in total. The molecule has 218 valence electrons. The number of carbonyl (C=O) groups excluding carboxylic acids is 3. The van der Waals surface area contributed by atoms with Crippen LogP contribution in [0.5, 0.6) is 0 Å². The minimum atomic E-state index is -1.29. The molecule has 3 rings (SSSR count). The van der Waals surface area contributed by atoms with Crippen LogP contribution in [0.1, 0.15) is 84.3 Å². The number of rotatable bonds is 3. The molecule has 2 unspecified atom stereocenters. The van der Waals surface area contributed by atoms with Gasteiger partial charge in [-0.25, -0.2) is 9.78 Å². The van der Waals surface area contributed by atoms with E-state index in [4.69, 9.17) is 9.47 Å². The summed E-state index contributed by atoms with van der Waals surface area (Å²) in [5.74, 6) is -1.79. The van der Waals surface area contributed by atoms with Gasteiger partial charge < -0.3 is 19.7 Å². The van der Waals surface area contributed by atoms with Crippen LogP contribution in [0.2, 0.25) is 0 Å². The lowest BCUT2D eigenvalue weighted by Crippen LogP contribution is -2.45. The van der Waals surface area contributed by atoms with Crippen LogP contribution in [-0.4, -0.2) is 74.9 Å². The van der Waals surface area contributed by atoms with Gasteiger partial charge in [-0.1, -0.05) is 34.1 Å². The van der Waals surface area contributed by atoms with Gasteiger partial charge in [-0.2, -0.15) is 0 Å². The van der Waals surface area contributed by atoms with Crippen molar-refractivity contribution < 1.29 is 34.1 Å². The predicted molar refractivity (Wildman–Crippen MR) is 149 cm³/mol. The van der Waals surface area contributed by atoms with Gasteiger partial charge in [0, 0.05) is 17.7 Å². The van der Waals surface area contributed by atoms with Crippen LogP contribution >= 0.6 is 11.3 Å². The monoisotopic (exact) mass is 564 g/mol. The van der Waals surface area contributed by atoms with Crippen molar-refractivity contribution in [1.82, 2.24) is 9.88 Å². The number of amides is 1. The Balaban J connectivity index is 1.92. The molecule has 2 aliphatic heterocycles. The van der Waals surface area contributed by atoms with Crippen LogP contribution in [-0.2, 0) is 19.1 Å². The fourth-order valence-electron chi connectivity index (χ4n) is 5.56. The highest BCUT2D eigenvalue weighted by atomic mass is 32.1. The zero-order valence-electron chi connectivity index (χ0n) is 24.2. The molecule has 10 heteroatoms. The molecule has 2 fully saturated rings. The maximum Gasteiger partial charge on any atom is 0.410 e. The first kappa shape index (κ1) is 31.2. The van der Waals surface area contributed by atoms with E-state index in [2.05, 4.69) is 4.98 Å². The molecular weight excluding hydrogens is 520 g/mol. The van der Waals surface area contributed by atoms with Crippen LogP contribution in [0.15, 0.2) is 11.0 Å². The number of aliphatic hydroxyl groups is 2. The molecule has 2 saturated heterocycles. The third kappa shape index (κ3) is 7.46. The molecule has 9 nitrogen and oxygen atoms in total. The minimum absolute atomic E-state index is 0.0691. The highest BCUT2D eigenvalue weighted by Crippen LogP contribution is 2.40. The molecule has 1 amide bonds. The van der Waals surface area contributed by atoms with E-state index in [1.807, 2.05) is 32.2 Å². The zero-order chi connectivity index (χ0) is 29.1. The van der Waals surface area contributed by atoms with Gasteiger partial charge in [0.05, 0.1) is 53.4 Å². The molecule has 0 radical (unpaired) electrons. The number of esters is 1. The molecule has 3 heterocycles. The smallest absolute Gasteiger partial charge is 0.410 e. The molecule has 39 heavy (non-hydrogen) atoms. The summed E-state index contributed by atoms with van der Waals surface area (Å²) in [5.41, 5.74) is 0.289. The lowest BCUT2D eigenvalue weighted by Gasteiger charge is -2.34. The SMILES string of the molecule is CCOC(=O)N1C2CC(/C(C)=C/c3csc(C)n3)OC(=O)C[C@H](O)C(C)(C)C(=O)[C@H](C)[C@@H](O)[C@@H](C)CCC[C@H]21. The average Bonchev–Trinajstić information content (AvgIpc) is 3.39. The number of carbonyl (C=O) groups is 3. The van der Waals surface area contributed by atoms with Crippen molar-refractivity contribution >= 4 is 35.3 Å². The van der Waals surface area contributed by atoms with Gasteiger partial charge >= 0.3 is 12.1 Å². The Bertz CT molecular complexity index is 1070. The van der Waals surface area contributed by atoms with E-state index < -0.39 is 41.7 Å². The van der Waals surface area contributed by atoms with Crippen LogP contribution in [0.4, 0.5) is 4.79 Å². The molecule has 0 saturated carbocycles. The number of fused-ring (bicyclic) bond motifs is 1. The third-order valence-corrected chi connectivity index (χ3v) is 9.09. The molecule has 0 bridgehead atoms. The first-order valence-electron chi connectivity index (χ1n) is 13.9. The minimum Gasteiger partial charge on any atom is -0.458 e. The van der Waals surface area contributed by atoms with Crippen LogP contribution in [0.3, 0.4) is 0 Å². The molecule has 0 aliphatic carbocycles. The summed E-state index contributed by atoms with van der Waals surface area (Å²) in [4.78, 5) is 45.3. The van der Waals surface area contributed by atoms with Crippen molar-refractivity contribution in [3.8, 4) is 0 Å². The molecule has 1 aromatic heterocycles. The van der Waals surface area contributed by atoms with Gasteiger partial charge in [0.1, 0.15) is 11.9 Å². The summed E-state index contributed by atoms with van der Waals surface area (Å²) in [6, 6.07) is -0.238. The first-order valence-corrected chi connectivity index (χ1v) is 14.8. The Morgan fingerprint density at radius 1 is 1.26 bits per heavy atom. The van der Waals surface area contributed by atoms with Crippen molar-refractivity contribution in [3.05, 3.63) is 21.7 Å². The average molecular weight is 565 g/mol. The van der Waals surface area contributed by atoms with Crippen LogP contribution in [0, 0.1) is 24.2 Å². The lowest BCUT2D eigenvalue weighted by atomic mass is 9.73. The molecule has 2 aliphatic rings. The Kier molecular flexibility index (Phi) is 10.3. The fourth-order valence-corrected chi connectivity index (χ4v) is 6.13. The number of aromatic nitrogens is 1. The third-order valence-electron chi connectivity index (χ3n) is 8.29. The van der Waals surface area contributed by atoms with Crippen molar-refractivity contribution in [2.24, 2.45) is 17.3 Å². The first-order chi connectivity index (χ1) is 18.3. The number of nitrogens with zero attached hydrogens (tertiary/aromatic N) is 2. The predicted octanol–water partition coefficient (Wildman–Crippen LogP) is 4.53.